The van der Waals surface area contributed by atoms with Crippen LogP contribution >= 0.6 is 15.9 Å². The van der Waals surface area contributed by atoms with E-state index in [4.69, 9.17) is 0 Å². The molecule has 4 rings (SSSR count). The molecule has 150 valence electrons. The molecule has 0 radical (unpaired) electrons. The Labute approximate surface area is 177 Å². The fraction of sp³-hybridized carbons (Fsp3) is 0.333. The molecule has 0 bridgehead atoms. The molecule has 0 aliphatic carbocycles. The van der Waals surface area contributed by atoms with Crippen LogP contribution in [0, 0.1) is 0 Å². The third-order valence-electron chi connectivity index (χ3n) is 5.31. The van der Waals surface area contributed by atoms with E-state index in [1.165, 1.54) is 4.90 Å². The number of anilines is 1. The lowest BCUT2D eigenvalue weighted by molar-refractivity contribution is -0.131. The molecule has 1 aromatic carbocycles. The lowest BCUT2D eigenvalue weighted by Crippen LogP contribution is -2.49. The Balaban J connectivity index is 1.26. The SMILES string of the molecule is O=C(CCCN1C(=O)c2ccc(Br)cc2C1=O)N1CCN(c2ccccn2)CC1. The number of hydrogen-bond donors (Lipinski definition) is 0. The predicted octanol–water partition coefficient (Wildman–Crippen LogP) is 2.57. The van der Waals surface area contributed by atoms with E-state index in [1.807, 2.05) is 23.1 Å². The molecule has 0 saturated carbocycles. The van der Waals surface area contributed by atoms with Crippen LogP contribution in [0.4, 0.5) is 5.82 Å². The average molecular weight is 457 g/mol. The van der Waals surface area contributed by atoms with Crippen molar-refractivity contribution in [3.05, 3.63) is 58.2 Å². The van der Waals surface area contributed by atoms with Crippen LogP contribution in [0.15, 0.2) is 47.1 Å². The van der Waals surface area contributed by atoms with Crippen molar-refractivity contribution in [2.45, 2.75) is 12.8 Å². The minimum absolute atomic E-state index is 0.0602. The molecular formula is C21H21BrN4O3. The molecule has 0 atom stereocenters. The van der Waals surface area contributed by atoms with Gasteiger partial charge in [-0.25, -0.2) is 4.98 Å². The van der Waals surface area contributed by atoms with Gasteiger partial charge in [-0.1, -0.05) is 22.0 Å². The summed E-state index contributed by atoms with van der Waals surface area (Å²) in [5, 5.41) is 0. The highest BCUT2D eigenvalue weighted by Crippen LogP contribution is 2.26. The number of pyridine rings is 1. The molecule has 1 saturated heterocycles. The van der Waals surface area contributed by atoms with Crippen LogP contribution in [-0.4, -0.2) is 65.2 Å². The number of hydrogen-bond acceptors (Lipinski definition) is 5. The number of carbonyl (C=O) groups is 3. The summed E-state index contributed by atoms with van der Waals surface area (Å²) in [4.78, 5) is 47.1. The molecule has 2 aromatic rings. The first kappa shape index (κ1) is 19.6. The van der Waals surface area contributed by atoms with Crippen molar-refractivity contribution in [1.29, 1.82) is 0 Å². The first-order valence-electron chi connectivity index (χ1n) is 9.64. The summed E-state index contributed by atoms with van der Waals surface area (Å²) >= 11 is 3.33. The first-order chi connectivity index (χ1) is 14.0. The fourth-order valence-corrected chi connectivity index (χ4v) is 4.10. The normalized spacial score (nSPS) is 16.4. The van der Waals surface area contributed by atoms with Gasteiger partial charge >= 0.3 is 0 Å². The Bertz CT molecular complexity index is 942. The van der Waals surface area contributed by atoms with Gasteiger partial charge in [0.25, 0.3) is 11.8 Å². The predicted molar refractivity (Wildman–Crippen MR) is 112 cm³/mol. The van der Waals surface area contributed by atoms with Gasteiger partial charge in [0, 0.05) is 49.8 Å². The van der Waals surface area contributed by atoms with Crippen LogP contribution < -0.4 is 4.90 Å². The van der Waals surface area contributed by atoms with E-state index in [1.54, 1.807) is 24.4 Å². The third kappa shape index (κ3) is 4.03. The van der Waals surface area contributed by atoms with Gasteiger partial charge in [-0.05, 0) is 36.8 Å². The zero-order chi connectivity index (χ0) is 20.4. The lowest BCUT2D eigenvalue weighted by atomic mass is 10.1. The molecule has 3 amide bonds. The largest absolute Gasteiger partial charge is 0.353 e. The number of benzene rings is 1. The molecule has 29 heavy (non-hydrogen) atoms. The molecule has 2 aliphatic rings. The van der Waals surface area contributed by atoms with Crippen LogP contribution in [0.3, 0.4) is 0 Å². The Hall–Kier alpha value is -2.74. The van der Waals surface area contributed by atoms with Crippen molar-refractivity contribution in [2.24, 2.45) is 0 Å². The van der Waals surface area contributed by atoms with Crippen molar-refractivity contribution in [3.8, 4) is 0 Å². The van der Waals surface area contributed by atoms with Crippen LogP contribution in [0.2, 0.25) is 0 Å². The Morgan fingerprint density at radius 1 is 1.00 bits per heavy atom. The zero-order valence-corrected chi connectivity index (χ0v) is 17.5. The molecule has 3 heterocycles. The summed E-state index contributed by atoms with van der Waals surface area (Å²) in [6.45, 7) is 3.04. The second-order valence-corrected chi connectivity index (χ2v) is 8.03. The van der Waals surface area contributed by atoms with E-state index in [-0.39, 0.29) is 24.3 Å². The number of aromatic nitrogens is 1. The van der Waals surface area contributed by atoms with E-state index in [9.17, 15) is 14.4 Å². The summed E-state index contributed by atoms with van der Waals surface area (Å²) in [7, 11) is 0. The van der Waals surface area contributed by atoms with Crippen LogP contribution in [0.5, 0.6) is 0 Å². The molecular weight excluding hydrogens is 436 g/mol. The quantitative estimate of drug-likeness (QED) is 0.646. The van der Waals surface area contributed by atoms with Gasteiger partial charge in [0.15, 0.2) is 0 Å². The minimum Gasteiger partial charge on any atom is -0.353 e. The van der Waals surface area contributed by atoms with Gasteiger partial charge in [-0.3, -0.25) is 19.3 Å². The van der Waals surface area contributed by atoms with E-state index >= 15 is 0 Å². The summed E-state index contributed by atoms with van der Waals surface area (Å²) < 4.78 is 0.763. The first-order valence-corrected chi connectivity index (χ1v) is 10.4. The third-order valence-corrected chi connectivity index (χ3v) is 5.80. The van der Waals surface area contributed by atoms with Gasteiger partial charge in [0.05, 0.1) is 11.1 Å². The highest BCUT2D eigenvalue weighted by Gasteiger charge is 2.35. The Morgan fingerprint density at radius 2 is 1.76 bits per heavy atom. The van der Waals surface area contributed by atoms with Gasteiger partial charge in [0.2, 0.25) is 5.91 Å². The number of amides is 3. The molecule has 0 unspecified atom stereocenters. The molecule has 0 spiro atoms. The van der Waals surface area contributed by atoms with Crippen LogP contribution in [0.25, 0.3) is 0 Å². The van der Waals surface area contributed by atoms with E-state index in [0.29, 0.717) is 37.1 Å². The molecule has 7 nitrogen and oxygen atoms in total. The monoisotopic (exact) mass is 456 g/mol. The Kier molecular flexibility index (Phi) is 5.62. The second kappa shape index (κ2) is 8.32. The number of imide groups is 1. The number of rotatable bonds is 5. The van der Waals surface area contributed by atoms with Crippen molar-refractivity contribution >= 4 is 39.5 Å². The molecule has 1 fully saturated rings. The number of halogens is 1. The topological polar surface area (TPSA) is 73.8 Å². The number of piperazine rings is 1. The highest BCUT2D eigenvalue weighted by molar-refractivity contribution is 9.10. The maximum Gasteiger partial charge on any atom is 0.261 e. The standard InChI is InChI=1S/C21H21BrN4O3/c22-15-6-7-16-17(14-15)21(29)26(20(16)28)9-3-5-19(27)25-12-10-24(11-13-25)18-4-1-2-8-23-18/h1-2,4,6-8,14H,3,5,9-13H2. The number of nitrogens with zero attached hydrogens (tertiary/aromatic N) is 4. The molecule has 1 aromatic heterocycles. The second-order valence-electron chi connectivity index (χ2n) is 7.11. The van der Waals surface area contributed by atoms with Crippen molar-refractivity contribution < 1.29 is 14.4 Å². The van der Waals surface area contributed by atoms with Crippen molar-refractivity contribution in [3.63, 3.8) is 0 Å². The smallest absolute Gasteiger partial charge is 0.261 e. The van der Waals surface area contributed by atoms with E-state index in [0.717, 1.165) is 23.4 Å². The van der Waals surface area contributed by atoms with Crippen LogP contribution in [0.1, 0.15) is 33.6 Å². The van der Waals surface area contributed by atoms with Crippen LogP contribution in [-0.2, 0) is 4.79 Å². The maximum atomic E-state index is 12.5. The fourth-order valence-electron chi connectivity index (χ4n) is 3.74. The molecule has 2 aliphatic heterocycles. The summed E-state index contributed by atoms with van der Waals surface area (Å²) in [5.74, 6) is 0.415. The van der Waals surface area contributed by atoms with E-state index in [2.05, 4.69) is 25.8 Å². The van der Waals surface area contributed by atoms with Gasteiger partial charge in [-0.2, -0.15) is 0 Å². The van der Waals surface area contributed by atoms with Gasteiger partial charge < -0.3 is 9.80 Å². The van der Waals surface area contributed by atoms with E-state index < -0.39 is 0 Å². The van der Waals surface area contributed by atoms with Gasteiger partial charge in [0.1, 0.15) is 5.82 Å². The van der Waals surface area contributed by atoms with Crippen molar-refractivity contribution in [2.75, 3.05) is 37.6 Å². The average Bonchev–Trinajstić information content (AvgIpc) is 2.98. The zero-order valence-electron chi connectivity index (χ0n) is 15.9. The number of carbonyl (C=O) groups excluding carboxylic acids is 3. The van der Waals surface area contributed by atoms with Crippen molar-refractivity contribution in [1.82, 2.24) is 14.8 Å². The summed E-state index contributed by atoms with van der Waals surface area (Å²) in [6.07, 6.45) is 2.55. The number of fused-ring (bicyclic) bond motifs is 1. The maximum absolute atomic E-state index is 12.5. The minimum atomic E-state index is -0.289. The lowest BCUT2D eigenvalue weighted by Gasteiger charge is -2.35. The molecule has 0 N–H and O–H groups in total. The summed E-state index contributed by atoms with van der Waals surface area (Å²) in [6, 6.07) is 10.9. The Morgan fingerprint density at radius 3 is 2.48 bits per heavy atom. The highest BCUT2D eigenvalue weighted by atomic mass is 79.9. The molecule has 8 heteroatoms. The summed E-state index contributed by atoms with van der Waals surface area (Å²) in [5.41, 5.74) is 0.844. The van der Waals surface area contributed by atoms with Gasteiger partial charge in [-0.15, -0.1) is 0 Å².